The highest BCUT2D eigenvalue weighted by molar-refractivity contribution is 5.41. The second-order valence-electron chi connectivity index (χ2n) is 5.63. The highest BCUT2D eigenvalue weighted by Crippen LogP contribution is 2.18. The topological polar surface area (TPSA) is 23.8 Å². The fourth-order valence-electron chi connectivity index (χ4n) is 2.95. The molecule has 0 aliphatic heterocycles. The number of hydrogen-bond acceptors (Lipinski definition) is 1. The Morgan fingerprint density at radius 3 is 1.90 bits per heavy atom. The Labute approximate surface area is 120 Å². The third kappa shape index (κ3) is 2.91. The van der Waals surface area contributed by atoms with Crippen molar-refractivity contribution < 1.29 is 0 Å². The second-order valence-corrected chi connectivity index (χ2v) is 5.63. The molecule has 4 aliphatic carbocycles. The van der Waals surface area contributed by atoms with Crippen LogP contribution in [0.4, 0.5) is 0 Å². The molecular weight excluding hydrogens is 242 g/mol. The van der Waals surface area contributed by atoms with E-state index in [0.717, 1.165) is 44.1 Å². The predicted octanol–water partition coefficient (Wildman–Crippen LogP) is 4.22. The normalized spacial score (nSPS) is 14.8. The van der Waals surface area contributed by atoms with Crippen molar-refractivity contribution in [1.82, 2.24) is 0 Å². The predicted molar refractivity (Wildman–Crippen MR) is 81.6 cm³/mol. The minimum absolute atomic E-state index is 0.869. The van der Waals surface area contributed by atoms with Crippen molar-refractivity contribution in [2.75, 3.05) is 0 Å². The average molecular weight is 261 g/mol. The molecule has 0 atom stereocenters. The van der Waals surface area contributed by atoms with E-state index in [1.165, 1.54) is 22.3 Å². The molecule has 4 bridgehead atoms. The lowest BCUT2D eigenvalue weighted by molar-refractivity contribution is 0.798. The first-order valence-corrected chi connectivity index (χ1v) is 7.45. The standard InChI is InChI=1S/C19H19N/c20-14-19-13-17-5-1-3-15-7-9-16(10-8-15)4-2-6-18(19)12-11-17/h7-13H,1-6H2. The molecule has 0 N–H and O–H groups in total. The van der Waals surface area contributed by atoms with Crippen molar-refractivity contribution in [2.24, 2.45) is 0 Å². The lowest BCUT2D eigenvalue weighted by atomic mass is 9.95. The van der Waals surface area contributed by atoms with Crippen LogP contribution in [-0.4, -0.2) is 0 Å². The summed E-state index contributed by atoms with van der Waals surface area (Å²) in [5.74, 6) is 0. The monoisotopic (exact) mass is 261 g/mol. The first kappa shape index (κ1) is 12.9. The molecule has 2 aromatic rings. The van der Waals surface area contributed by atoms with Crippen LogP contribution < -0.4 is 0 Å². The summed E-state index contributed by atoms with van der Waals surface area (Å²) >= 11 is 0. The number of nitrogens with zero attached hydrogens (tertiary/aromatic N) is 1. The summed E-state index contributed by atoms with van der Waals surface area (Å²) < 4.78 is 0. The molecule has 1 nitrogen and oxygen atoms in total. The average Bonchev–Trinajstić information content (AvgIpc) is 2.50. The molecule has 0 heterocycles. The zero-order valence-electron chi connectivity index (χ0n) is 11.7. The molecule has 2 aromatic carbocycles. The summed E-state index contributed by atoms with van der Waals surface area (Å²) in [6.07, 6.45) is 6.50. The number of benzene rings is 2. The molecule has 0 unspecified atom stereocenters. The molecular formula is C19H19N. The SMILES string of the molecule is N#Cc1cc2ccc1CCCc1ccc(cc1)CCC2. The zero-order chi connectivity index (χ0) is 13.8. The number of rotatable bonds is 0. The number of nitriles is 1. The van der Waals surface area contributed by atoms with E-state index < -0.39 is 0 Å². The van der Waals surface area contributed by atoms with E-state index >= 15 is 0 Å². The lowest BCUT2D eigenvalue weighted by Crippen LogP contribution is -1.98. The molecule has 0 amide bonds. The summed E-state index contributed by atoms with van der Waals surface area (Å²) in [5.41, 5.74) is 6.18. The van der Waals surface area contributed by atoms with E-state index in [2.05, 4.69) is 48.5 Å². The Hall–Kier alpha value is -2.07. The van der Waals surface area contributed by atoms with Gasteiger partial charge >= 0.3 is 0 Å². The summed E-state index contributed by atoms with van der Waals surface area (Å²) in [6, 6.07) is 17.9. The molecule has 6 rings (SSSR count). The van der Waals surface area contributed by atoms with Crippen molar-refractivity contribution in [3.8, 4) is 6.07 Å². The number of aryl methyl sites for hydroxylation is 4. The Morgan fingerprint density at radius 2 is 1.25 bits per heavy atom. The van der Waals surface area contributed by atoms with E-state index in [0.29, 0.717) is 0 Å². The highest BCUT2D eigenvalue weighted by Gasteiger charge is 2.06. The van der Waals surface area contributed by atoms with E-state index in [1.54, 1.807) is 0 Å². The van der Waals surface area contributed by atoms with Gasteiger partial charge in [-0.1, -0.05) is 36.4 Å². The Kier molecular flexibility index (Phi) is 3.83. The van der Waals surface area contributed by atoms with Gasteiger partial charge in [-0.2, -0.15) is 5.26 Å². The Balaban J connectivity index is 1.89. The van der Waals surface area contributed by atoms with Crippen LogP contribution in [0.25, 0.3) is 0 Å². The van der Waals surface area contributed by atoms with E-state index in [4.69, 9.17) is 0 Å². The minimum Gasteiger partial charge on any atom is -0.192 e. The third-order valence-corrected chi connectivity index (χ3v) is 4.16. The summed E-state index contributed by atoms with van der Waals surface area (Å²) in [4.78, 5) is 0. The smallest absolute Gasteiger partial charge is 0.0994 e. The number of hydrogen-bond donors (Lipinski definition) is 0. The molecule has 0 fully saturated rings. The van der Waals surface area contributed by atoms with Gasteiger partial charge in [0.05, 0.1) is 11.6 Å². The van der Waals surface area contributed by atoms with Gasteiger partial charge in [0, 0.05) is 0 Å². The molecule has 0 aromatic heterocycles. The van der Waals surface area contributed by atoms with Crippen LogP contribution in [0.3, 0.4) is 0 Å². The van der Waals surface area contributed by atoms with Gasteiger partial charge in [-0.05, 0) is 66.8 Å². The van der Waals surface area contributed by atoms with Gasteiger partial charge in [-0.3, -0.25) is 0 Å². The molecule has 4 aliphatic rings. The molecule has 0 radical (unpaired) electrons. The van der Waals surface area contributed by atoms with Crippen LogP contribution in [0.15, 0.2) is 42.5 Å². The second kappa shape index (κ2) is 5.92. The van der Waals surface area contributed by atoms with Crippen molar-refractivity contribution in [1.29, 1.82) is 5.26 Å². The first-order chi connectivity index (χ1) is 9.85. The highest BCUT2D eigenvalue weighted by atomic mass is 14.2. The maximum Gasteiger partial charge on any atom is 0.0994 e. The first-order valence-electron chi connectivity index (χ1n) is 7.45. The lowest BCUT2D eigenvalue weighted by Gasteiger charge is -2.10. The van der Waals surface area contributed by atoms with Gasteiger partial charge in [0.1, 0.15) is 0 Å². The van der Waals surface area contributed by atoms with Crippen LogP contribution in [0.1, 0.15) is 40.7 Å². The fourth-order valence-corrected chi connectivity index (χ4v) is 2.95. The van der Waals surface area contributed by atoms with Crippen molar-refractivity contribution in [3.63, 3.8) is 0 Å². The van der Waals surface area contributed by atoms with Crippen LogP contribution in [0.5, 0.6) is 0 Å². The Morgan fingerprint density at radius 1 is 0.700 bits per heavy atom. The molecule has 100 valence electrons. The van der Waals surface area contributed by atoms with Crippen LogP contribution in [-0.2, 0) is 25.7 Å². The summed E-state index contributed by atoms with van der Waals surface area (Å²) in [7, 11) is 0. The van der Waals surface area contributed by atoms with E-state index in [9.17, 15) is 5.26 Å². The largest absolute Gasteiger partial charge is 0.192 e. The van der Waals surface area contributed by atoms with Gasteiger partial charge in [0.25, 0.3) is 0 Å². The van der Waals surface area contributed by atoms with Crippen molar-refractivity contribution in [2.45, 2.75) is 38.5 Å². The maximum atomic E-state index is 9.31. The molecule has 0 saturated heterocycles. The summed E-state index contributed by atoms with van der Waals surface area (Å²) in [6.45, 7) is 0. The van der Waals surface area contributed by atoms with Gasteiger partial charge in [0.15, 0.2) is 0 Å². The Bertz CT molecular complexity index is 632. The van der Waals surface area contributed by atoms with Crippen LogP contribution in [0.2, 0.25) is 0 Å². The van der Waals surface area contributed by atoms with Crippen molar-refractivity contribution in [3.05, 3.63) is 70.3 Å². The van der Waals surface area contributed by atoms with Crippen molar-refractivity contribution >= 4 is 0 Å². The van der Waals surface area contributed by atoms with E-state index in [1.807, 2.05) is 0 Å². The zero-order valence-corrected chi connectivity index (χ0v) is 11.7. The minimum atomic E-state index is 0.869. The van der Waals surface area contributed by atoms with Gasteiger partial charge in [-0.15, -0.1) is 0 Å². The summed E-state index contributed by atoms with van der Waals surface area (Å²) in [5, 5.41) is 9.31. The molecule has 0 saturated carbocycles. The molecule has 0 spiro atoms. The van der Waals surface area contributed by atoms with Crippen LogP contribution >= 0.6 is 0 Å². The quantitative estimate of drug-likeness (QED) is 0.696. The van der Waals surface area contributed by atoms with E-state index in [-0.39, 0.29) is 0 Å². The van der Waals surface area contributed by atoms with Gasteiger partial charge in [-0.25, -0.2) is 0 Å². The van der Waals surface area contributed by atoms with Crippen LogP contribution in [0, 0.1) is 11.3 Å². The maximum absolute atomic E-state index is 9.31. The fraction of sp³-hybridized carbons (Fsp3) is 0.316. The molecule has 1 heteroatoms. The van der Waals surface area contributed by atoms with Gasteiger partial charge < -0.3 is 0 Å². The third-order valence-electron chi connectivity index (χ3n) is 4.16. The van der Waals surface area contributed by atoms with Gasteiger partial charge in [0.2, 0.25) is 0 Å². The molecule has 20 heavy (non-hydrogen) atoms.